The molecular weight excluding hydrogens is 602 g/mol. The summed E-state index contributed by atoms with van der Waals surface area (Å²) in [4.78, 5) is 18.4. The number of anilines is 1. The van der Waals surface area contributed by atoms with Crippen LogP contribution in [-0.4, -0.2) is 63.4 Å². The number of halogens is 1. The number of hydrogen-bond donors (Lipinski definition) is 0. The molecule has 0 bridgehead atoms. The lowest BCUT2D eigenvalue weighted by Crippen LogP contribution is -2.48. The SMILES string of the molecule is COc1ccc(CN(c2nccs2)S(=O)(=O)c2ccc(OC3CCN(C(=O)OC(C)(C)C)CC3C)c(Cl)c2)c(OC)c1. The van der Waals surface area contributed by atoms with Gasteiger partial charge in [-0.1, -0.05) is 18.5 Å². The summed E-state index contributed by atoms with van der Waals surface area (Å²) in [6.07, 6.45) is 1.57. The summed E-state index contributed by atoms with van der Waals surface area (Å²) in [5.74, 6) is 1.45. The van der Waals surface area contributed by atoms with Crippen LogP contribution in [0.25, 0.3) is 0 Å². The van der Waals surface area contributed by atoms with Crippen molar-refractivity contribution < 1.29 is 32.2 Å². The van der Waals surface area contributed by atoms with Crippen LogP contribution in [0, 0.1) is 5.92 Å². The molecule has 2 atom stereocenters. The topological polar surface area (TPSA) is 108 Å². The largest absolute Gasteiger partial charge is 0.497 e. The second-order valence-corrected chi connectivity index (χ2v) is 14.1. The van der Waals surface area contributed by atoms with Gasteiger partial charge in [0.1, 0.15) is 29.0 Å². The van der Waals surface area contributed by atoms with Crippen LogP contribution in [0.5, 0.6) is 17.2 Å². The second kappa shape index (κ2) is 13.0. The Morgan fingerprint density at radius 3 is 2.50 bits per heavy atom. The molecule has 42 heavy (non-hydrogen) atoms. The molecule has 0 spiro atoms. The molecule has 0 N–H and O–H groups in total. The monoisotopic (exact) mass is 637 g/mol. The molecule has 4 rings (SSSR count). The minimum absolute atomic E-state index is 0.00433. The molecule has 13 heteroatoms. The second-order valence-electron chi connectivity index (χ2n) is 10.9. The maximum absolute atomic E-state index is 13.9. The standard InChI is InChI=1S/C29H36ClN3O7S2/c1-19-17-32(28(34)40-29(2,3)4)13-11-24(19)39-25-10-9-22(16-23(25)30)42(35,36)33(27-31-12-14-41-27)18-20-7-8-21(37-5)15-26(20)38-6/h7-10,12,14-16,19,24H,11,13,17-18H2,1-6H3. The van der Waals surface area contributed by atoms with Gasteiger partial charge in [0.2, 0.25) is 0 Å². The van der Waals surface area contributed by atoms with Gasteiger partial charge in [-0.25, -0.2) is 22.5 Å². The summed E-state index contributed by atoms with van der Waals surface area (Å²) < 4.78 is 51.6. The number of likely N-dealkylation sites (tertiary alicyclic amines) is 1. The van der Waals surface area contributed by atoms with Crippen LogP contribution in [0.1, 0.15) is 39.7 Å². The van der Waals surface area contributed by atoms with Gasteiger partial charge in [0.05, 0.1) is 30.7 Å². The third-order valence-electron chi connectivity index (χ3n) is 6.69. The van der Waals surface area contributed by atoms with Crippen molar-refractivity contribution in [1.29, 1.82) is 0 Å². The normalized spacial score (nSPS) is 17.5. The van der Waals surface area contributed by atoms with E-state index < -0.39 is 15.6 Å². The van der Waals surface area contributed by atoms with Crippen LogP contribution in [-0.2, 0) is 21.3 Å². The van der Waals surface area contributed by atoms with Crippen molar-refractivity contribution in [2.45, 2.75) is 57.3 Å². The highest BCUT2D eigenvalue weighted by atomic mass is 35.5. The highest BCUT2D eigenvalue weighted by Gasteiger charge is 2.33. The van der Waals surface area contributed by atoms with Crippen molar-refractivity contribution >= 4 is 44.2 Å². The van der Waals surface area contributed by atoms with Crippen LogP contribution in [0.3, 0.4) is 0 Å². The van der Waals surface area contributed by atoms with Crippen molar-refractivity contribution in [1.82, 2.24) is 9.88 Å². The molecule has 2 heterocycles. The molecule has 228 valence electrons. The van der Waals surface area contributed by atoms with Gasteiger partial charge in [0.25, 0.3) is 10.0 Å². The molecule has 3 aromatic rings. The van der Waals surface area contributed by atoms with E-state index in [-0.39, 0.29) is 34.6 Å². The zero-order chi connectivity index (χ0) is 30.7. The molecule has 10 nitrogen and oxygen atoms in total. The highest BCUT2D eigenvalue weighted by molar-refractivity contribution is 7.93. The number of amides is 1. The van der Waals surface area contributed by atoms with Crippen molar-refractivity contribution in [2.75, 3.05) is 31.6 Å². The fourth-order valence-corrected chi connectivity index (χ4v) is 7.13. The van der Waals surface area contributed by atoms with Gasteiger partial charge < -0.3 is 23.8 Å². The van der Waals surface area contributed by atoms with E-state index in [4.69, 9.17) is 30.5 Å². The Labute approximate surface area is 256 Å². The zero-order valence-corrected chi connectivity index (χ0v) is 26.9. The number of piperidine rings is 1. The number of benzene rings is 2. The molecule has 1 saturated heterocycles. The number of hydrogen-bond acceptors (Lipinski definition) is 9. The number of rotatable bonds is 9. The quantitative estimate of drug-likeness (QED) is 0.272. The summed E-state index contributed by atoms with van der Waals surface area (Å²) in [6, 6.07) is 9.63. The predicted molar refractivity (Wildman–Crippen MR) is 162 cm³/mol. The number of aromatic nitrogens is 1. The molecule has 0 saturated carbocycles. The molecule has 1 aliphatic rings. The van der Waals surface area contributed by atoms with Crippen molar-refractivity contribution in [3.05, 3.63) is 58.6 Å². The van der Waals surface area contributed by atoms with E-state index >= 15 is 0 Å². The Morgan fingerprint density at radius 1 is 1.14 bits per heavy atom. The Balaban J connectivity index is 1.53. The number of thiazole rings is 1. The van der Waals surface area contributed by atoms with Gasteiger partial charge in [-0.15, -0.1) is 11.3 Å². The van der Waals surface area contributed by atoms with E-state index in [1.807, 2.05) is 27.7 Å². The number of carbonyl (C=O) groups excluding carboxylic acids is 1. The molecule has 1 aliphatic heterocycles. The maximum Gasteiger partial charge on any atom is 0.410 e. The molecule has 0 aliphatic carbocycles. The van der Waals surface area contributed by atoms with Crippen LogP contribution in [0.15, 0.2) is 52.9 Å². The fourth-order valence-electron chi connectivity index (χ4n) is 4.55. The van der Waals surface area contributed by atoms with E-state index in [2.05, 4.69) is 4.98 Å². The first-order valence-electron chi connectivity index (χ1n) is 13.4. The summed E-state index contributed by atoms with van der Waals surface area (Å²) in [6.45, 7) is 8.43. The summed E-state index contributed by atoms with van der Waals surface area (Å²) in [7, 11) is -1.02. The predicted octanol–water partition coefficient (Wildman–Crippen LogP) is 6.23. The molecular formula is C29H36ClN3O7S2. The zero-order valence-electron chi connectivity index (χ0n) is 24.5. The van der Waals surface area contributed by atoms with E-state index in [1.54, 1.807) is 47.9 Å². The van der Waals surface area contributed by atoms with Gasteiger partial charge in [-0.05, 0) is 51.1 Å². The maximum atomic E-state index is 13.9. The van der Waals surface area contributed by atoms with Crippen LogP contribution >= 0.6 is 22.9 Å². The van der Waals surface area contributed by atoms with Crippen molar-refractivity contribution in [3.63, 3.8) is 0 Å². The Kier molecular flexibility index (Phi) is 9.79. The number of sulfonamides is 1. The Morgan fingerprint density at radius 2 is 1.90 bits per heavy atom. The van der Waals surface area contributed by atoms with Crippen LogP contribution in [0.4, 0.5) is 9.93 Å². The smallest absolute Gasteiger partial charge is 0.410 e. The van der Waals surface area contributed by atoms with Gasteiger partial charge >= 0.3 is 6.09 Å². The molecule has 2 aromatic carbocycles. The number of nitrogens with zero attached hydrogens (tertiary/aromatic N) is 3. The molecule has 1 aromatic heterocycles. The van der Waals surface area contributed by atoms with Crippen LogP contribution in [0.2, 0.25) is 5.02 Å². The van der Waals surface area contributed by atoms with Gasteiger partial charge in [-0.3, -0.25) is 0 Å². The van der Waals surface area contributed by atoms with E-state index in [0.717, 1.165) is 0 Å². The lowest BCUT2D eigenvalue weighted by Gasteiger charge is -2.37. The average molecular weight is 638 g/mol. The van der Waals surface area contributed by atoms with Crippen molar-refractivity contribution in [2.24, 2.45) is 5.92 Å². The van der Waals surface area contributed by atoms with Crippen molar-refractivity contribution in [3.8, 4) is 17.2 Å². The highest BCUT2D eigenvalue weighted by Crippen LogP contribution is 2.35. The number of ether oxygens (including phenoxy) is 4. The fraction of sp³-hybridized carbons (Fsp3) is 0.448. The molecule has 1 fully saturated rings. The molecule has 2 unspecified atom stereocenters. The minimum atomic E-state index is -4.08. The van der Waals surface area contributed by atoms with Gasteiger partial charge in [0, 0.05) is 48.6 Å². The number of carbonyl (C=O) groups is 1. The average Bonchev–Trinajstić information content (AvgIpc) is 3.47. The van der Waals surface area contributed by atoms with E-state index in [9.17, 15) is 13.2 Å². The Bertz CT molecular complexity index is 1490. The lowest BCUT2D eigenvalue weighted by molar-refractivity contribution is 0.000365. The Hall–Kier alpha value is -3.22. The third kappa shape index (κ3) is 7.40. The first kappa shape index (κ1) is 31.7. The first-order valence-corrected chi connectivity index (χ1v) is 16.1. The summed E-state index contributed by atoms with van der Waals surface area (Å²) >= 11 is 7.79. The first-order chi connectivity index (χ1) is 19.8. The summed E-state index contributed by atoms with van der Waals surface area (Å²) in [5.41, 5.74) is 0.0638. The van der Waals surface area contributed by atoms with Crippen LogP contribution < -0.4 is 18.5 Å². The minimum Gasteiger partial charge on any atom is -0.497 e. The lowest BCUT2D eigenvalue weighted by atomic mass is 9.96. The van der Waals surface area contributed by atoms with Gasteiger partial charge in [0.15, 0.2) is 5.13 Å². The molecule has 0 radical (unpaired) electrons. The van der Waals surface area contributed by atoms with Gasteiger partial charge in [-0.2, -0.15) is 0 Å². The third-order valence-corrected chi connectivity index (χ3v) is 9.63. The van der Waals surface area contributed by atoms with E-state index in [1.165, 1.54) is 34.9 Å². The van der Waals surface area contributed by atoms with E-state index in [0.29, 0.717) is 47.5 Å². The summed E-state index contributed by atoms with van der Waals surface area (Å²) in [5, 5.41) is 2.18. The number of methoxy groups -OCH3 is 2. The molecule has 1 amide bonds.